The Hall–Kier alpha value is -3.76. The van der Waals surface area contributed by atoms with E-state index in [1.165, 1.54) is 15.5 Å². The van der Waals surface area contributed by atoms with Gasteiger partial charge in [-0.15, -0.1) is 5.10 Å². The number of carbonyl (C=O) groups is 1. The summed E-state index contributed by atoms with van der Waals surface area (Å²) < 4.78 is 16.6. The van der Waals surface area contributed by atoms with Gasteiger partial charge in [-0.25, -0.2) is 4.39 Å². The molecule has 7 nitrogen and oxygen atoms in total. The van der Waals surface area contributed by atoms with Gasteiger partial charge < -0.3 is 4.90 Å². The minimum Gasteiger partial charge on any atom is -0.303 e. The van der Waals surface area contributed by atoms with Gasteiger partial charge in [0.2, 0.25) is 4.96 Å². The van der Waals surface area contributed by atoms with E-state index in [1.54, 1.807) is 54.9 Å². The summed E-state index contributed by atoms with van der Waals surface area (Å²) in [5.74, 6) is -0.380. The zero-order chi connectivity index (χ0) is 23.4. The molecule has 0 N–H and O–H groups in total. The number of halogens is 2. The lowest BCUT2D eigenvalue weighted by Gasteiger charge is -2.17. The minimum atomic E-state index is -0.426. The Morgan fingerprint density at radius 3 is 2.68 bits per heavy atom. The van der Waals surface area contributed by atoms with E-state index in [-0.39, 0.29) is 22.6 Å². The van der Waals surface area contributed by atoms with E-state index in [1.807, 2.05) is 6.07 Å². The van der Waals surface area contributed by atoms with Gasteiger partial charge in [0, 0.05) is 33.6 Å². The number of carbonyl (C=O) groups excluding carboxylic acids is 1. The molecule has 0 fully saturated rings. The van der Waals surface area contributed by atoms with Gasteiger partial charge in [-0.05, 0) is 36.4 Å². The molecule has 5 aromatic rings. The first kappa shape index (κ1) is 20.8. The number of nitrogens with zero attached hydrogens (tertiary/aromatic N) is 5. The van der Waals surface area contributed by atoms with E-state index < -0.39 is 11.4 Å². The average Bonchev–Trinajstić information content (AvgIpc) is 3.47. The second kappa shape index (κ2) is 7.93. The van der Waals surface area contributed by atoms with E-state index in [2.05, 4.69) is 31.0 Å². The van der Waals surface area contributed by atoms with Crippen molar-refractivity contribution in [2.24, 2.45) is 0 Å². The van der Waals surface area contributed by atoms with E-state index in [4.69, 9.17) is 0 Å². The topological polar surface area (TPSA) is 80.5 Å². The van der Waals surface area contributed by atoms with Crippen LogP contribution in [0.1, 0.15) is 11.1 Å². The number of amides is 1. The molecule has 0 atom stereocenters. The first-order valence-electron chi connectivity index (χ1n) is 10.2. The normalized spacial score (nSPS) is 14.8. The van der Waals surface area contributed by atoms with Gasteiger partial charge in [-0.1, -0.05) is 45.5 Å². The van der Waals surface area contributed by atoms with Gasteiger partial charge >= 0.3 is 0 Å². The Balaban J connectivity index is 1.53. The molecular formula is C24H13BrFN5O2S. The summed E-state index contributed by atoms with van der Waals surface area (Å²) in [5, 5.41) is 4.34. The Labute approximate surface area is 204 Å². The third kappa shape index (κ3) is 3.25. The zero-order valence-electron chi connectivity index (χ0n) is 17.3. The molecule has 0 bridgehead atoms. The van der Waals surface area contributed by atoms with E-state index >= 15 is 0 Å². The number of anilines is 1. The predicted molar refractivity (Wildman–Crippen MR) is 130 cm³/mol. The SMILES string of the molecule is O=C1C(=c2sc3nc(-c4cccnc4)nn3c2=O)c2cc(Br)ccc2N1Cc1ccccc1F. The molecule has 1 amide bonds. The van der Waals surface area contributed by atoms with Crippen molar-refractivity contribution in [1.29, 1.82) is 0 Å². The average molecular weight is 534 g/mol. The zero-order valence-corrected chi connectivity index (χ0v) is 19.7. The summed E-state index contributed by atoms with van der Waals surface area (Å²) in [5.41, 5.74) is 2.12. The monoisotopic (exact) mass is 533 g/mol. The molecule has 3 aromatic heterocycles. The van der Waals surface area contributed by atoms with Crippen molar-refractivity contribution in [1.82, 2.24) is 19.6 Å². The van der Waals surface area contributed by atoms with Gasteiger partial charge in [0.25, 0.3) is 11.5 Å². The molecule has 1 aliphatic heterocycles. The molecule has 166 valence electrons. The van der Waals surface area contributed by atoms with Gasteiger partial charge in [-0.3, -0.25) is 14.6 Å². The van der Waals surface area contributed by atoms with Gasteiger partial charge in [-0.2, -0.15) is 9.50 Å². The molecule has 0 saturated carbocycles. The summed E-state index contributed by atoms with van der Waals surface area (Å²) in [7, 11) is 0. The number of thiazole rings is 1. The molecule has 10 heteroatoms. The van der Waals surface area contributed by atoms with Gasteiger partial charge in [0.15, 0.2) is 5.82 Å². The number of pyridine rings is 1. The highest BCUT2D eigenvalue weighted by molar-refractivity contribution is 9.10. The summed E-state index contributed by atoms with van der Waals surface area (Å²) >= 11 is 4.55. The Morgan fingerprint density at radius 2 is 1.91 bits per heavy atom. The van der Waals surface area contributed by atoms with Gasteiger partial charge in [0.1, 0.15) is 10.3 Å². The van der Waals surface area contributed by atoms with Crippen molar-refractivity contribution >= 4 is 49.4 Å². The van der Waals surface area contributed by atoms with Crippen molar-refractivity contribution in [3.63, 3.8) is 0 Å². The third-order valence-electron chi connectivity index (χ3n) is 5.57. The Kier molecular flexibility index (Phi) is 4.85. The predicted octanol–water partition coefficient (Wildman–Crippen LogP) is 3.58. The van der Waals surface area contributed by atoms with Crippen LogP contribution in [0, 0.1) is 5.82 Å². The molecule has 0 aliphatic carbocycles. The lowest BCUT2D eigenvalue weighted by atomic mass is 10.1. The van der Waals surface area contributed by atoms with Gasteiger partial charge in [0.05, 0.1) is 17.8 Å². The van der Waals surface area contributed by atoms with Crippen LogP contribution in [0.4, 0.5) is 10.1 Å². The highest BCUT2D eigenvalue weighted by Gasteiger charge is 2.35. The fourth-order valence-electron chi connectivity index (χ4n) is 3.98. The number of aromatic nitrogens is 4. The largest absolute Gasteiger partial charge is 0.303 e. The van der Waals surface area contributed by atoms with Crippen LogP contribution in [-0.4, -0.2) is 25.5 Å². The number of rotatable bonds is 3. The molecule has 0 spiro atoms. The molecule has 1 aliphatic rings. The molecule has 0 radical (unpaired) electrons. The fraction of sp³-hybridized carbons (Fsp3) is 0.0417. The van der Waals surface area contributed by atoms with E-state index in [9.17, 15) is 14.0 Å². The molecule has 4 heterocycles. The van der Waals surface area contributed by atoms with Crippen LogP contribution in [0.15, 0.2) is 76.3 Å². The first-order valence-corrected chi connectivity index (χ1v) is 11.8. The number of hydrogen-bond acceptors (Lipinski definition) is 6. The maximum Gasteiger partial charge on any atom is 0.291 e. The Bertz CT molecular complexity index is 1720. The van der Waals surface area contributed by atoms with E-state index in [0.29, 0.717) is 33.2 Å². The molecule has 0 saturated heterocycles. The maximum absolute atomic E-state index is 14.3. The number of benzene rings is 2. The molecule has 6 rings (SSSR count). The third-order valence-corrected chi connectivity index (χ3v) is 7.09. The molecular weight excluding hydrogens is 521 g/mol. The molecule has 2 aromatic carbocycles. The van der Waals surface area contributed by atoms with Crippen molar-refractivity contribution in [3.05, 3.63) is 103 Å². The standard InChI is InChI=1S/C24H13BrFN5O2S/c25-15-7-8-18-16(10-15)19(22(32)30(18)12-14-4-1-2-6-17(14)26)20-23(33)31-24(34-20)28-21(29-31)13-5-3-9-27-11-13/h1-11H,12H2. The first-order chi connectivity index (χ1) is 16.5. The lowest BCUT2D eigenvalue weighted by Crippen LogP contribution is -2.32. The number of hydrogen-bond donors (Lipinski definition) is 0. The van der Waals surface area contributed by atoms with Crippen LogP contribution in [0.3, 0.4) is 0 Å². The number of fused-ring (bicyclic) bond motifs is 2. The second-order valence-electron chi connectivity index (χ2n) is 7.63. The van der Waals surface area contributed by atoms with Crippen molar-refractivity contribution in [2.45, 2.75) is 6.54 Å². The molecule has 0 unspecified atom stereocenters. The maximum atomic E-state index is 14.3. The van der Waals surface area contributed by atoms with Crippen LogP contribution in [0.25, 0.3) is 21.9 Å². The molecule has 34 heavy (non-hydrogen) atoms. The van der Waals surface area contributed by atoms with Crippen LogP contribution < -0.4 is 15.0 Å². The highest BCUT2D eigenvalue weighted by Crippen LogP contribution is 2.38. The summed E-state index contributed by atoms with van der Waals surface area (Å²) in [6.45, 7) is 0.0454. The summed E-state index contributed by atoms with van der Waals surface area (Å²) in [6, 6.07) is 15.3. The summed E-state index contributed by atoms with van der Waals surface area (Å²) in [6.07, 6.45) is 3.26. The smallest absolute Gasteiger partial charge is 0.291 e. The quantitative estimate of drug-likeness (QED) is 0.354. The van der Waals surface area contributed by atoms with Crippen LogP contribution in [0.2, 0.25) is 0 Å². The second-order valence-corrected chi connectivity index (χ2v) is 9.52. The van der Waals surface area contributed by atoms with Crippen LogP contribution in [-0.2, 0) is 11.3 Å². The minimum absolute atomic E-state index is 0.0454. The van der Waals surface area contributed by atoms with E-state index in [0.717, 1.165) is 15.8 Å². The fourth-order valence-corrected chi connectivity index (χ4v) is 5.34. The van der Waals surface area contributed by atoms with Crippen LogP contribution in [0.5, 0.6) is 0 Å². The van der Waals surface area contributed by atoms with Crippen LogP contribution >= 0.6 is 27.3 Å². The van der Waals surface area contributed by atoms with Crippen molar-refractivity contribution in [2.75, 3.05) is 4.90 Å². The Morgan fingerprint density at radius 1 is 1.06 bits per heavy atom. The van der Waals surface area contributed by atoms with Crippen molar-refractivity contribution < 1.29 is 9.18 Å². The highest BCUT2D eigenvalue weighted by atomic mass is 79.9. The summed E-state index contributed by atoms with van der Waals surface area (Å²) in [4.78, 5) is 37.3. The van der Waals surface area contributed by atoms with Crippen molar-refractivity contribution in [3.8, 4) is 11.4 Å². The lowest BCUT2D eigenvalue weighted by molar-refractivity contribution is -0.113.